The van der Waals surface area contributed by atoms with E-state index in [9.17, 15) is 0 Å². The predicted octanol–water partition coefficient (Wildman–Crippen LogP) is -0.182. The standard InChI is InChI=1S/C2H7O4P/c1-5-2-6-7(3)4/h3-4H,2H2,1H3. The van der Waals surface area contributed by atoms with Gasteiger partial charge >= 0.3 is 8.60 Å². The molecule has 4 nitrogen and oxygen atoms in total. The number of hydrogen-bond acceptors (Lipinski definition) is 4. The van der Waals surface area contributed by atoms with Crippen LogP contribution in [0.5, 0.6) is 0 Å². The average molecular weight is 126 g/mol. The van der Waals surface area contributed by atoms with Crippen LogP contribution in [0.1, 0.15) is 0 Å². The van der Waals surface area contributed by atoms with Crippen molar-refractivity contribution in [3.63, 3.8) is 0 Å². The van der Waals surface area contributed by atoms with Crippen LogP contribution >= 0.6 is 8.60 Å². The summed E-state index contributed by atoms with van der Waals surface area (Å²) < 4.78 is 8.47. The van der Waals surface area contributed by atoms with Crippen molar-refractivity contribution >= 4 is 8.60 Å². The zero-order valence-corrected chi connectivity index (χ0v) is 4.76. The van der Waals surface area contributed by atoms with E-state index in [-0.39, 0.29) is 6.79 Å². The molecule has 0 aliphatic carbocycles. The van der Waals surface area contributed by atoms with Gasteiger partial charge in [0.1, 0.15) is 0 Å². The van der Waals surface area contributed by atoms with Crippen LogP contribution in [-0.4, -0.2) is 23.7 Å². The predicted molar refractivity (Wildman–Crippen MR) is 24.3 cm³/mol. The van der Waals surface area contributed by atoms with E-state index in [1.807, 2.05) is 0 Å². The second-order valence-corrected chi connectivity index (χ2v) is 1.55. The van der Waals surface area contributed by atoms with E-state index in [2.05, 4.69) is 9.26 Å². The minimum absolute atomic E-state index is 0.0707. The summed E-state index contributed by atoms with van der Waals surface area (Å²) in [4.78, 5) is 16.0. The molecular weight excluding hydrogens is 119 g/mol. The molecule has 0 saturated carbocycles. The molecule has 0 amide bonds. The minimum atomic E-state index is -2.23. The Morgan fingerprint density at radius 3 is 2.29 bits per heavy atom. The Bertz CT molecular complexity index is 38.7. The molecule has 5 heteroatoms. The van der Waals surface area contributed by atoms with Gasteiger partial charge in [-0.15, -0.1) is 0 Å². The summed E-state index contributed by atoms with van der Waals surface area (Å²) in [5, 5.41) is 0. The van der Waals surface area contributed by atoms with E-state index in [0.717, 1.165) is 0 Å². The molecule has 0 bridgehead atoms. The molecule has 0 aromatic rings. The lowest BCUT2D eigenvalue weighted by Crippen LogP contribution is -1.89. The van der Waals surface area contributed by atoms with E-state index in [1.165, 1.54) is 7.11 Å². The van der Waals surface area contributed by atoms with Crippen molar-refractivity contribution in [1.29, 1.82) is 0 Å². The molecule has 44 valence electrons. The molecule has 0 aromatic carbocycles. The second-order valence-electron chi connectivity index (χ2n) is 0.788. The van der Waals surface area contributed by atoms with Crippen LogP contribution in [0.15, 0.2) is 0 Å². The first-order chi connectivity index (χ1) is 3.27. The zero-order valence-electron chi connectivity index (χ0n) is 3.87. The normalized spacial score (nSPS) is 10.3. The van der Waals surface area contributed by atoms with Crippen LogP contribution in [0.2, 0.25) is 0 Å². The Hall–Kier alpha value is 0.270. The fraction of sp³-hybridized carbons (Fsp3) is 1.00. The maximum Gasteiger partial charge on any atom is 0.329 e. The molecule has 0 heterocycles. The lowest BCUT2D eigenvalue weighted by atomic mass is 11.4. The SMILES string of the molecule is COCOP(O)O. The van der Waals surface area contributed by atoms with Crippen molar-refractivity contribution in [3.8, 4) is 0 Å². The molecule has 2 N–H and O–H groups in total. The highest BCUT2D eigenvalue weighted by molar-refractivity contribution is 7.39. The highest BCUT2D eigenvalue weighted by Crippen LogP contribution is 2.23. The molecule has 0 unspecified atom stereocenters. The molecule has 0 aliphatic heterocycles. The highest BCUT2D eigenvalue weighted by Gasteiger charge is 1.94. The number of hydrogen-bond donors (Lipinski definition) is 2. The lowest BCUT2D eigenvalue weighted by Gasteiger charge is -1.98. The summed E-state index contributed by atoms with van der Waals surface area (Å²) in [7, 11) is -0.830. The summed E-state index contributed by atoms with van der Waals surface area (Å²) in [6, 6.07) is 0. The van der Waals surface area contributed by atoms with E-state index < -0.39 is 8.60 Å². The first-order valence-electron chi connectivity index (χ1n) is 1.57. The maximum atomic E-state index is 8.00. The number of methoxy groups -OCH3 is 1. The molecule has 0 aliphatic rings. The fourth-order valence-electron chi connectivity index (χ4n) is 0.0998. The van der Waals surface area contributed by atoms with Gasteiger partial charge in [0.2, 0.25) is 0 Å². The van der Waals surface area contributed by atoms with Crippen LogP contribution in [-0.2, 0) is 9.26 Å². The number of rotatable bonds is 3. The lowest BCUT2D eigenvalue weighted by molar-refractivity contribution is 0.0421. The van der Waals surface area contributed by atoms with E-state index in [0.29, 0.717) is 0 Å². The van der Waals surface area contributed by atoms with Gasteiger partial charge in [0.25, 0.3) is 0 Å². The average Bonchev–Trinajstić information content (AvgIpc) is 1.61. The Morgan fingerprint density at radius 1 is 1.57 bits per heavy atom. The van der Waals surface area contributed by atoms with Crippen LogP contribution in [0.4, 0.5) is 0 Å². The molecule has 7 heavy (non-hydrogen) atoms. The zero-order chi connectivity index (χ0) is 5.70. The van der Waals surface area contributed by atoms with Gasteiger partial charge in [0, 0.05) is 7.11 Å². The van der Waals surface area contributed by atoms with Crippen LogP contribution in [0.25, 0.3) is 0 Å². The quantitative estimate of drug-likeness (QED) is 0.406. The minimum Gasteiger partial charge on any atom is -0.358 e. The monoisotopic (exact) mass is 126 g/mol. The van der Waals surface area contributed by atoms with Crippen molar-refractivity contribution in [2.45, 2.75) is 0 Å². The number of ether oxygens (including phenoxy) is 1. The van der Waals surface area contributed by atoms with Crippen molar-refractivity contribution in [3.05, 3.63) is 0 Å². The molecule has 0 rings (SSSR count). The van der Waals surface area contributed by atoms with Gasteiger partial charge in [0.15, 0.2) is 6.79 Å². The smallest absolute Gasteiger partial charge is 0.329 e. The van der Waals surface area contributed by atoms with E-state index >= 15 is 0 Å². The fourth-order valence-corrected chi connectivity index (χ4v) is 0.300. The first-order valence-corrected chi connectivity index (χ1v) is 2.73. The summed E-state index contributed by atoms with van der Waals surface area (Å²) in [6.07, 6.45) is 0. The maximum absolute atomic E-state index is 8.00. The molecule has 0 spiro atoms. The summed E-state index contributed by atoms with van der Waals surface area (Å²) in [5.74, 6) is 0. The third-order valence-electron chi connectivity index (χ3n) is 0.286. The highest BCUT2D eigenvalue weighted by atomic mass is 31.2. The van der Waals surface area contributed by atoms with Crippen molar-refractivity contribution < 1.29 is 19.0 Å². The van der Waals surface area contributed by atoms with Crippen molar-refractivity contribution in [2.24, 2.45) is 0 Å². The van der Waals surface area contributed by atoms with Crippen molar-refractivity contribution in [2.75, 3.05) is 13.9 Å². The van der Waals surface area contributed by atoms with Gasteiger partial charge in [-0.3, -0.25) is 4.52 Å². The van der Waals surface area contributed by atoms with Crippen molar-refractivity contribution in [1.82, 2.24) is 0 Å². The Balaban J connectivity index is 2.68. The summed E-state index contributed by atoms with van der Waals surface area (Å²) in [6.45, 7) is -0.0707. The molecule has 0 radical (unpaired) electrons. The molecule has 0 saturated heterocycles. The van der Waals surface area contributed by atoms with Crippen LogP contribution in [0, 0.1) is 0 Å². The summed E-state index contributed by atoms with van der Waals surface area (Å²) in [5.41, 5.74) is 0. The topological polar surface area (TPSA) is 58.9 Å². The first kappa shape index (κ1) is 7.27. The third kappa shape index (κ3) is 6.27. The van der Waals surface area contributed by atoms with Gasteiger partial charge in [0.05, 0.1) is 0 Å². The van der Waals surface area contributed by atoms with Crippen LogP contribution < -0.4 is 0 Å². The largest absolute Gasteiger partial charge is 0.358 e. The van der Waals surface area contributed by atoms with Gasteiger partial charge in [-0.2, -0.15) is 0 Å². The van der Waals surface area contributed by atoms with Gasteiger partial charge < -0.3 is 14.5 Å². The Labute approximate surface area is 42.7 Å². The van der Waals surface area contributed by atoms with Gasteiger partial charge in [-0.05, 0) is 0 Å². The van der Waals surface area contributed by atoms with Crippen LogP contribution in [0.3, 0.4) is 0 Å². The Morgan fingerprint density at radius 2 is 2.14 bits per heavy atom. The Kier molecular flexibility index (Phi) is 4.60. The van der Waals surface area contributed by atoms with Gasteiger partial charge in [-0.25, -0.2) is 0 Å². The third-order valence-corrected chi connectivity index (χ3v) is 0.622. The molecule has 0 fully saturated rings. The summed E-state index contributed by atoms with van der Waals surface area (Å²) >= 11 is 0. The van der Waals surface area contributed by atoms with E-state index in [4.69, 9.17) is 9.79 Å². The second kappa shape index (κ2) is 4.43. The van der Waals surface area contributed by atoms with E-state index in [1.54, 1.807) is 0 Å². The molecular formula is C2H7O4P. The van der Waals surface area contributed by atoms with Gasteiger partial charge in [-0.1, -0.05) is 0 Å². The molecule has 0 atom stereocenters. The molecule has 0 aromatic heterocycles.